The highest BCUT2D eigenvalue weighted by Crippen LogP contribution is 2.30. The van der Waals surface area contributed by atoms with E-state index >= 15 is 0 Å². The van der Waals surface area contributed by atoms with Gasteiger partial charge >= 0.3 is 5.97 Å². The van der Waals surface area contributed by atoms with E-state index in [0.717, 1.165) is 12.0 Å². The van der Waals surface area contributed by atoms with E-state index in [1.165, 1.54) is 17.5 Å². The molecule has 0 bridgehead atoms. The number of esters is 1. The number of hydrogen-bond donors (Lipinski definition) is 1. The lowest BCUT2D eigenvalue weighted by atomic mass is 10.0. The summed E-state index contributed by atoms with van der Waals surface area (Å²) in [4.78, 5) is 23.5. The van der Waals surface area contributed by atoms with Gasteiger partial charge < -0.3 is 10.1 Å². The van der Waals surface area contributed by atoms with Crippen LogP contribution in [0.2, 0.25) is 0 Å². The molecule has 1 N–H and O–H groups in total. The Morgan fingerprint density at radius 2 is 2.08 bits per heavy atom. The summed E-state index contributed by atoms with van der Waals surface area (Å²) in [6, 6.07) is 3.90. The summed E-state index contributed by atoms with van der Waals surface area (Å²) in [6.45, 7) is 0.302. The molecule has 2 aliphatic heterocycles. The predicted octanol–water partition coefficient (Wildman–Crippen LogP) is 1.29. The van der Waals surface area contributed by atoms with Crippen molar-refractivity contribution >= 4 is 27.6 Å². The summed E-state index contributed by atoms with van der Waals surface area (Å²) in [7, 11) is -2.53. The van der Waals surface area contributed by atoms with E-state index in [0.29, 0.717) is 37.9 Å². The van der Waals surface area contributed by atoms with Crippen molar-refractivity contribution in [1.29, 1.82) is 0 Å². The third-order valence-corrected chi connectivity index (χ3v) is 6.41. The van der Waals surface area contributed by atoms with Crippen LogP contribution in [0.25, 0.3) is 0 Å². The second-order valence-corrected chi connectivity index (χ2v) is 7.91. The van der Waals surface area contributed by atoms with Gasteiger partial charge in [-0.2, -0.15) is 4.31 Å². The maximum atomic E-state index is 13.0. The van der Waals surface area contributed by atoms with Gasteiger partial charge in [-0.1, -0.05) is 0 Å². The minimum absolute atomic E-state index is 0.0695. The molecule has 24 heavy (non-hydrogen) atoms. The van der Waals surface area contributed by atoms with E-state index in [1.807, 2.05) is 0 Å². The van der Waals surface area contributed by atoms with Gasteiger partial charge in [-0.3, -0.25) is 9.59 Å². The molecule has 2 heterocycles. The minimum atomic E-state index is -3.79. The van der Waals surface area contributed by atoms with Crippen molar-refractivity contribution in [2.24, 2.45) is 0 Å². The molecule has 0 radical (unpaired) electrons. The van der Waals surface area contributed by atoms with E-state index in [-0.39, 0.29) is 10.8 Å². The van der Waals surface area contributed by atoms with Gasteiger partial charge in [-0.25, -0.2) is 8.42 Å². The normalized spacial score (nSPS) is 21.7. The molecular formula is C16H20N2O5S. The van der Waals surface area contributed by atoms with Crippen LogP contribution in [0.1, 0.15) is 31.2 Å². The van der Waals surface area contributed by atoms with Crippen LogP contribution in [0.5, 0.6) is 0 Å². The number of nitrogens with zero attached hydrogens (tertiary/aromatic N) is 1. The number of aryl methyl sites for hydroxylation is 1. The number of carbonyl (C=O) groups is 2. The first-order valence-corrected chi connectivity index (χ1v) is 9.40. The first kappa shape index (κ1) is 16.9. The summed E-state index contributed by atoms with van der Waals surface area (Å²) >= 11 is 0. The van der Waals surface area contributed by atoms with E-state index in [2.05, 4.69) is 5.32 Å². The first-order chi connectivity index (χ1) is 11.4. The second kappa shape index (κ2) is 6.52. The lowest BCUT2D eigenvalue weighted by Gasteiger charge is -2.33. The molecule has 0 aromatic heterocycles. The third kappa shape index (κ3) is 3.03. The number of benzene rings is 1. The molecule has 3 rings (SSSR count). The molecule has 1 amide bonds. The van der Waals surface area contributed by atoms with Crippen molar-refractivity contribution in [2.75, 3.05) is 19.0 Å². The van der Waals surface area contributed by atoms with Gasteiger partial charge in [0.05, 0.1) is 12.0 Å². The third-order valence-electron chi connectivity index (χ3n) is 4.51. The Morgan fingerprint density at radius 1 is 1.29 bits per heavy atom. The summed E-state index contributed by atoms with van der Waals surface area (Å²) in [5.41, 5.74) is 1.44. The standard InChI is InChI=1S/C16H20N2O5S/c1-23-16(20)14-4-2-3-9-18(14)24(21,22)12-6-7-13-11(10-12)5-8-15(19)17-13/h6-7,10,14H,2-5,8-9H2,1H3,(H,17,19)/t14-/m1/s1. The van der Waals surface area contributed by atoms with Gasteiger partial charge in [-0.15, -0.1) is 0 Å². The lowest BCUT2D eigenvalue weighted by Crippen LogP contribution is -2.48. The number of rotatable bonds is 3. The van der Waals surface area contributed by atoms with Crippen molar-refractivity contribution in [1.82, 2.24) is 4.31 Å². The van der Waals surface area contributed by atoms with E-state index in [9.17, 15) is 18.0 Å². The number of piperidine rings is 1. The molecule has 0 spiro atoms. The Hall–Kier alpha value is -1.93. The van der Waals surface area contributed by atoms with Gasteiger partial charge in [0.15, 0.2) is 0 Å². The fraction of sp³-hybridized carbons (Fsp3) is 0.500. The first-order valence-electron chi connectivity index (χ1n) is 7.96. The van der Waals surface area contributed by atoms with Crippen molar-refractivity contribution in [2.45, 2.75) is 43.0 Å². The molecule has 0 unspecified atom stereocenters. The van der Waals surface area contributed by atoms with Crippen LogP contribution in [0.15, 0.2) is 23.1 Å². The number of amides is 1. The zero-order chi connectivity index (χ0) is 17.3. The highest BCUT2D eigenvalue weighted by Gasteiger charge is 2.38. The van der Waals surface area contributed by atoms with Crippen molar-refractivity contribution in [3.63, 3.8) is 0 Å². The van der Waals surface area contributed by atoms with Crippen LogP contribution in [-0.2, 0) is 30.8 Å². The molecule has 1 fully saturated rings. The SMILES string of the molecule is COC(=O)[C@H]1CCCCN1S(=O)(=O)c1ccc2c(c1)CCC(=O)N2. The van der Waals surface area contributed by atoms with E-state index in [1.54, 1.807) is 12.1 Å². The Bertz CT molecular complexity index is 775. The average Bonchev–Trinajstić information content (AvgIpc) is 2.60. The number of sulfonamides is 1. The summed E-state index contributed by atoms with van der Waals surface area (Å²) in [6.07, 6.45) is 2.82. The molecule has 7 nitrogen and oxygen atoms in total. The molecule has 1 aromatic rings. The molecule has 1 atom stereocenters. The number of methoxy groups -OCH3 is 1. The van der Waals surface area contributed by atoms with Crippen LogP contribution in [0.4, 0.5) is 5.69 Å². The van der Waals surface area contributed by atoms with Gasteiger partial charge in [0, 0.05) is 18.7 Å². The molecule has 0 saturated carbocycles. The summed E-state index contributed by atoms with van der Waals surface area (Å²) < 4.78 is 32.0. The van der Waals surface area contributed by atoms with Gasteiger partial charge in [0.1, 0.15) is 6.04 Å². The van der Waals surface area contributed by atoms with Gasteiger partial charge in [0.2, 0.25) is 15.9 Å². The largest absolute Gasteiger partial charge is 0.468 e. The zero-order valence-corrected chi connectivity index (χ0v) is 14.3. The molecule has 130 valence electrons. The minimum Gasteiger partial charge on any atom is -0.468 e. The van der Waals surface area contributed by atoms with Crippen LogP contribution in [-0.4, -0.2) is 44.3 Å². The molecule has 8 heteroatoms. The number of anilines is 1. The zero-order valence-electron chi connectivity index (χ0n) is 13.4. The van der Waals surface area contributed by atoms with Crippen molar-refractivity contribution < 1.29 is 22.7 Å². The van der Waals surface area contributed by atoms with Crippen molar-refractivity contribution in [3.05, 3.63) is 23.8 Å². The smallest absolute Gasteiger partial charge is 0.324 e. The Labute approximate surface area is 141 Å². The van der Waals surface area contributed by atoms with E-state index < -0.39 is 22.0 Å². The Morgan fingerprint density at radius 3 is 2.83 bits per heavy atom. The fourth-order valence-electron chi connectivity index (χ4n) is 3.22. The number of fused-ring (bicyclic) bond motifs is 1. The highest BCUT2D eigenvalue weighted by molar-refractivity contribution is 7.89. The molecular weight excluding hydrogens is 332 g/mol. The maximum Gasteiger partial charge on any atom is 0.324 e. The number of nitrogens with one attached hydrogen (secondary N) is 1. The Balaban J connectivity index is 1.94. The average molecular weight is 352 g/mol. The summed E-state index contributed by atoms with van der Waals surface area (Å²) in [5.74, 6) is -0.594. The monoisotopic (exact) mass is 352 g/mol. The highest BCUT2D eigenvalue weighted by atomic mass is 32.2. The number of carbonyl (C=O) groups excluding carboxylic acids is 2. The number of hydrogen-bond acceptors (Lipinski definition) is 5. The van der Waals surface area contributed by atoms with Gasteiger partial charge in [0.25, 0.3) is 0 Å². The maximum absolute atomic E-state index is 13.0. The predicted molar refractivity (Wildman–Crippen MR) is 86.9 cm³/mol. The Kier molecular flexibility index (Phi) is 4.60. The van der Waals surface area contributed by atoms with E-state index in [4.69, 9.17) is 4.74 Å². The molecule has 1 aromatic carbocycles. The second-order valence-electron chi connectivity index (χ2n) is 6.02. The van der Waals surface area contributed by atoms with Crippen LogP contribution >= 0.6 is 0 Å². The quantitative estimate of drug-likeness (QED) is 0.828. The van der Waals surface area contributed by atoms with Crippen LogP contribution in [0, 0.1) is 0 Å². The van der Waals surface area contributed by atoms with Gasteiger partial charge in [-0.05, 0) is 49.4 Å². The van der Waals surface area contributed by atoms with Crippen molar-refractivity contribution in [3.8, 4) is 0 Å². The lowest BCUT2D eigenvalue weighted by molar-refractivity contribution is -0.146. The summed E-state index contributed by atoms with van der Waals surface area (Å²) in [5, 5.41) is 2.73. The number of ether oxygens (including phenoxy) is 1. The molecule has 1 saturated heterocycles. The van der Waals surface area contributed by atoms with Crippen LogP contribution in [0.3, 0.4) is 0 Å². The topological polar surface area (TPSA) is 92.8 Å². The molecule has 2 aliphatic rings. The van der Waals surface area contributed by atoms with Crippen LogP contribution < -0.4 is 5.32 Å². The fourth-order valence-corrected chi connectivity index (χ4v) is 4.92. The molecule has 0 aliphatic carbocycles.